The van der Waals surface area contributed by atoms with Crippen LogP contribution in [0.2, 0.25) is 0 Å². The first kappa shape index (κ1) is 10.7. The number of aromatic amines is 2. The van der Waals surface area contributed by atoms with Crippen molar-refractivity contribution in [3.05, 3.63) is 67.8 Å². The van der Waals surface area contributed by atoms with E-state index in [2.05, 4.69) is 16.5 Å². The van der Waals surface area contributed by atoms with Crippen LogP contribution in [-0.2, 0) is 7.05 Å². The number of nitrogens with zero attached hydrogens (tertiary/aromatic N) is 1. The minimum Gasteiger partial charge on any atom is -0.354 e. The molecule has 0 atom stereocenters. The van der Waals surface area contributed by atoms with E-state index >= 15 is 0 Å². The van der Waals surface area contributed by atoms with Crippen LogP contribution in [0.15, 0.2) is 35.3 Å². The van der Waals surface area contributed by atoms with Gasteiger partial charge in [0.25, 0.3) is 5.56 Å². The molecule has 2 aliphatic rings. The molecule has 1 aromatic rings. The van der Waals surface area contributed by atoms with Crippen LogP contribution in [0.25, 0.3) is 12.7 Å². The fraction of sp³-hybridized carbons (Fsp3) is 0.0714. The van der Waals surface area contributed by atoms with Gasteiger partial charge in [-0.25, -0.2) is 0 Å². The van der Waals surface area contributed by atoms with Crippen LogP contribution in [0.4, 0.5) is 0 Å². The first-order valence-electron chi connectivity index (χ1n) is 5.68. The van der Waals surface area contributed by atoms with Crippen LogP contribution < -0.4 is 16.1 Å². The quantitative estimate of drug-likeness (QED) is 0.617. The Morgan fingerprint density at radius 2 is 2.11 bits per heavy atom. The molecule has 0 bridgehead atoms. The van der Waals surface area contributed by atoms with E-state index < -0.39 is 0 Å². The van der Waals surface area contributed by atoms with Crippen molar-refractivity contribution in [1.29, 1.82) is 0 Å². The monoisotopic (exact) mass is 239 g/mol. The Labute approximate surface area is 103 Å². The maximum atomic E-state index is 12.0. The Morgan fingerprint density at radius 1 is 1.28 bits per heavy atom. The fourth-order valence-corrected chi connectivity index (χ4v) is 2.07. The summed E-state index contributed by atoms with van der Waals surface area (Å²) in [5.74, 6) is 0. The van der Waals surface area contributed by atoms with Crippen LogP contribution in [0.5, 0.6) is 0 Å². The molecule has 90 valence electrons. The van der Waals surface area contributed by atoms with E-state index in [1.54, 1.807) is 0 Å². The molecule has 2 N–H and O–H groups in total. The standard InChI is InChI=1S/C14H13N3O/c1-9-5-6-12-13(15-9)11(14(18)16-12)8-10-4-3-7-17(10)2/h3-8,15H,1H2,2H3,(H,16,18). The molecule has 0 radical (unpaired) electrons. The van der Waals surface area contributed by atoms with E-state index in [4.69, 9.17) is 0 Å². The van der Waals surface area contributed by atoms with Gasteiger partial charge in [0.1, 0.15) is 0 Å². The number of aryl methyl sites for hydroxylation is 1. The minimum atomic E-state index is -0.0898. The number of aromatic nitrogens is 3. The highest BCUT2D eigenvalue weighted by molar-refractivity contribution is 5.45. The molecule has 0 saturated heterocycles. The second-order valence-corrected chi connectivity index (χ2v) is 4.33. The second-order valence-electron chi connectivity index (χ2n) is 4.33. The van der Waals surface area contributed by atoms with Gasteiger partial charge < -0.3 is 14.5 Å². The largest absolute Gasteiger partial charge is 0.354 e. The predicted octanol–water partition coefficient (Wildman–Crippen LogP) is 0.00538. The molecule has 0 aliphatic carbocycles. The topological polar surface area (TPSA) is 53.6 Å². The van der Waals surface area contributed by atoms with Crippen LogP contribution in [-0.4, -0.2) is 14.5 Å². The highest BCUT2D eigenvalue weighted by Crippen LogP contribution is 1.99. The summed E-state index contributed by atoms with van der Waals surface area (Å²) >= 11 is 0. The van der Waals surface area contributed by atoms with E-state index in [9.17, 15) is 4.79 Å². The first-order chi connectivity index (χ1) is 8.65. The molecule has 18 heavy (non-hydrogen) atoms. The minimum absolute atomic E-state index is 0.0898. The summed E-state index contributed by atoms with van der Waals surface area (Å²) in [5, 5.41) is 3.02. The summed E-state index contributed by atoms with van der Waals surface area (Å²) in [4.78, 5) is 17.9. The van der Waals surface area contributed by atoms with Crippen LogP contribution in [0.1, 0.15) is 5.69 Å². The molecule has 0 saturated carbocycles. The second kappa shape index (κ2) is 3.77. The van der Waals surface area contributed by atoms with Crippen molar-refractivity contribution >= 4 is 12.7 Å². The van der Waals surface area contributed by atoms with Gasteiger partial charge in [-0.15, -0.1) is 0 Å². The highest BCUT2D eigenvalue weighted by atomic mass is 16.1. The Bertz CT molecular complexity index is 927. The summed E-state index contributed by atoms with van der Waals surface area (Å²) in [6.07, 6.45) is 3.82. The van der Waals surface area contributed by atoms with Crippen molar-refractivity contribution in [2.45, 2.75) is 0 Å². The maximum absolute atomic E-state index is 12.0. The molecular formula is C14H13N3O. The average Bonchev–Trinajstić information content (AvgIpc) is 2.86. The number of H-pyrrole nitrogens is 2. The normalized spacial score (nSPS) is 12.4. The van der Waals surface area contributed by atoms with Gasteiger partial charge in [0, 0.05) is 24.3 Å². The molecule has 3 heterocycles. The highest BCUT2D eigenvalue weighted by Gasteiger charge is 2.00. The van der Waals surface area contributed by atoms with E-state index in [0.717, 1.165) is 21.7 Å². The first-order valence-corrected chi connectivity index (χ1v) is 5.68. The van der Waals surface area contributed by atoms with Crippen LogP contribution >= 0.6 is 0 Å². The zero-order valence-corrected chi connectivity index (χ0v) is 10.0. The van der Waals surface area contributed by atoms with E-state index in [0.29, 0.717) is 5.22 Å². The molecule has 0 aromatic carbocycles. The zero-order valence-electron chi connectivity index (χ0n) is 10.0. The molecule has 1 aromatic heterocycles. The van der Waals surface area contributed by atoms with Gasteiger partial charge in [-0.2, -0.15) is 0 Å². The molecule has 4 nitrogen and oxygen atoms in total. The Hall–Kier alpha value is -2.49. The summed E-state index contributed by atoms with van der Waals surface area (Å²) < 4.78 is 1.96. The molecule has 0 spiro atoms. The van der Waals surface area contributed by atoms with Gasteiger partial charge in [0.15, 0.2) is 0 Å². The van der Waals surface area contributed by atoms with Gasteiger partial charge in [0.2, 0.25) is 0 Å². The number of nitrogens with one attached hydrogen (secondary N) is 2. The van der Waals surface area contributed by atoms with Crippen LogP contribution in [0, 0.1) is 10.7 Å². The Balaban J connectivity index is 2.46. The summed E-state index contributed by atoms with van der Waals surface area (Å²) in [6, 6.07) is 7.61. The smallest absolute Gasteiger partial charge is 0.257 e. The van der Waals surface area contributed by atoms with Gasteiger partial charge in [0.05, 0.1) is 15.9 Å². The van der Waals surface area contributed by atoms with Gasteiger partial charge >= 0.3 is 0 Å². The van der Waals surface area contributed by atoms with E-state index in [1.165, 1.54) is 0 Å². The van der Waals surface area contributed by atoms with E-state index in [-0.39, 0.29) is 5.56 Å². The summed E-state index contributed by atoms with van der Waals surface area (Å²) in [5.41, 5.74) is 0.893. The third-order valence-corrected chi connectivity index (χ3v) is 3.04. The molecule has 2 aliphatic heterocycles. The lowest BCUT2D eigenvalue weighted by Gasteiger charge is -1.94. The van der Waals surface area contributed by atoms with Crippen LogP contribution in [0.3, 0.4) is 0 Å². The lowest BCUT2D eigenvalue weighted by atomic mass is 10.3. The van der Waals surface area contributed by atoms with Crippen molar-refractivity contribution in [3.63, 3.8) is 0 Å². The molecular weight excluding hydrogens is 226 g/mol. The number of hydrogen-bond donors (Lipinski definition) is 2. The third-order valence-electron chi connectivity index (χ3n) is 3.04. The molecule has 4 heteroatoms. The predicted molar refractivity (Wildman–Crippen MR) is 70.5 cm³/mol. The third kappa shape index (κ3) is 1.59. The molecule has 0 amide bonds. The Kier molecular flexibility index (Phi) is 2.23. The lowest BCUT2D eigenvalue weighted by Crippen LogP contribution is -2.24. The SMILES string of the molecule is C=c1ccc2[nH]c(=O)c(=Cc3cccn3C)c=2[nH]1. The molecule has 0 fully saturated rings. The molecule has 3 rings (SSSR count). The number of rotatable bonds is 1. The van der Waals surface area contributed by atoms with Crippen molar-refractivity contribution in [2.24, 2.45) is 7.05 Å². The lowest BCUT2D eigenvalue weighted by molar-refractivity contribution is 0.913. The summed E-state index contributed by atoms with van der Waals surface area (Å²) in [7, 11) is 1.95. The maximum Gasteiger partial charge on any atom is 0.257 e. The Morgan fingerprint density at radius 3 is 2.83 bits per heavy atom. The number of hydrogen-bond acceptors (Lipinski definition) is 1. The fourth-order valence-electron chi connectivity index (χ4n) is 2.07. The van der Waals surface area contributed by atoms with Crippen molar-refractivity contribution in [3.8, 4) is 0 Å². The zero-order chi connectivity index (χ0) is 12.7. The summed E-state index contributed by atoms with van der Waals surface area (Å²) in [6.45, 7) is 3.85. The van der Waals surface area contributed by atoms with Crippen molar-refractivity contribution in [1.82, 2.24) is 14.5 Å². The van der Waals surface area contributed by atoms with Gasteiger partial charge in [-0.1, -0.05) is 6.58 Å². The van der Waals surface area contributed by atoms with E-state index in [1.807, 2.05) is 48.2 Å². The average molecular weight is 239 g/mol. The van der Waals surface area contributed by atoms with Crippen molar-refractivity contribution < 1.29 is 0 Å². The van der Waals surface area contributed by atoms with Gasteiger partial charge in [-0.3, -0.25) is 4.79 Å². The van der Waals surface area contributed by atoms with Gasteiger partial charge in [-0.05, 0) is 30.3 Å². The van der Waals surface area contributed by atoms with Crippen molar-refractivity contribution in [2.75, 3.05) is 0 Å². The molecule has 0 unspecified atom stereocenters.